The number of rotatable bonds is 6. The zero-order valence-electron chi connectivity index (χ0n) is 23.9. The number of ether oxygens (including phenoxy) is 2. The zero-order valence-corrected chi connectivity index (χ0v) is 23.9. The first-order chi connectivity index (χ1) is 18.5. The third-order valence-corrected chi connectivity index (χ3v) is 8.23. The maximum atomic E-state index is 12.4. The van der Waals surface area contributed by atoms with E-state index in [1.54, 1.807) is 12.1 Å². The number of phenolic OH excluding ortho intramolecular Hbond substituents is 1. The molecule has 0 saturated heterocycles. The highest BCUT2D eigenvalue weighted by Crippen LogP contribution is 2.46. The molecular weight excluding hydrogens is 488 g/mol. The molecule has 0 spiro atoms. The molecule has 0 radical (unpaired) electrons. The van der Waals surface area contributed by atoms with Crippen molar-refractivity contribution in [2.24, 2.45) is 10.8 Å². The lowest BCUT2D eigenvalue weighted by Gasteiger charge is -2.24. The highest BCUT2D eigenvalue weighted by molar-refractivity contribution is 5.81. The van der Waals surface area contributed by atoms with Gasteiger partial charge in [-0.25, -0.2) is 0 Å². The topological polar surface area (TPSA) is 72.8 Å². The largest absolute Gasteiger partial charge is 0.508 e. The highest BCUT2D eigenvalue weighted by Gasteiger charge is 2.35. The quantitative estimate of drug-likeness (QED) is 0.334. The Balaban J connectivity index is 0.000000183. The van der Waals surface area contributed by atoms with Gasteiger partial charge in [0, 0.05) is 24.0 Å². The molecule has 5 nitrogen and oxygen atoms in total. The summed E-state index contributed by atoms with van der Waals surface area (Å²) in [5.74, 6) is 0.00292. The Kier molecular flexibility index (Phi) is 8.20. The molecule has 3 aromatic carbocycles. The van der Waals surface area contributed by atoms with Crippen LogP contribution in [0.4, 0.5) is 0 Å². The van der Waals surface area contributed by atoms with Gasteiger partial charge in [-0.15, -0.1) is 0 Å². The van der Waals surface area contributed by atoms with Gasteiger partial charge in [0.25, 0.3) is 0 Å². The second kappa shape index (κ2) is 11.3. The van der Waals surface area contributed by atoms with E-state index in [0.29, 0.717) is 6.42 Å². The molecule has 3 aromatic rings. The van der Waals surface area contributed by atoms with Crippen LogP contribution in [0.15, 0.2) is 66.7 Å². The van der Waals surface area contributed by atoms with Gasteiger partial charge < -0.3 is 14.6 Å². The van der Waals surface area contributed by atoms with Gasteiger partial charge >= 0.3 is 11.9 Å². The molecule has 1 N–H and O–H groups in total. The van der Waals surface area contributed by atoms with Gasteiger partial charge in [0.2, 0.25) is 0 Å². The van der Waals surface area contributed by atoms with Crippen LogP contribution < -0.4 is 0 Å². The molecule has 0 aromatic heterocycles. The monoisotopic (exact) mass is 528 g/mol. The molecule has 5 heteroatoms. The molecule has 2 aliphatic rings. The second-order valence-corrected chi connectivity index (χ2v) is 11.8. The number of esters is 2. The maximum Gasteiger partial charge on any atom is 0.312 e. The van der Waals surface area contributed by atoms with Crippen molar-refractivity contribution in [3.63, 3.8) is 0 Å². The van der Waals surface area contributed by atoms with Gasteiger partial charge in [-0.05, 0) is 74.9 Å². The zero-order chi connectivity index (χ0) is 28.4. The first kappa shape index (κ1) is 28.4. The summed E-state index contributed by atoms with van der Waals surface area (Å²) in [6.45, 7) is 11.7. The van der Waals surface area contributed by atoms with Crippen LogP contribution in [0.3, 0.4) is 0 Å². The van der Waals surface area contributed by atoms with Crippen molar-refractivity contribution >= 4 is 11.9 Å². The number of carbonyl (C=O) groups is 2. The molecule has 0 amide bonds. The third kappa shape index (κ3) is 6.03. The molecular formula is C34H40O5. The minimum atomic E-state index is -0.452. The molecule has 206 valence electrons. The molecule has 2 aliphatic carbocycles. The average molecular weight is 529 g/mol. The van der Waals surface area contributed by atoms with Gasteiger partial charge in [-0.3, -0.25) is 9.59 Å². The van der Waals surface area contributed by atoms with Crippen molar-refractivity contribution in [3.8, 4) is 16.9 Å². The van der Waals surface area contributed by atoms with Gasteiger partial charge in [-0.2, -0.15) is 0 Å². The Morgan fingerprint density at radius 1 is 0.744 bits per heavy atom. The summed E-state index contributed by atoms with van der Waals surface area (Å²) in [5, 5.41) is 9.42. The SMILES string of the molecule is CCC(C)(C)C(=O)OC1Cc2ccc(O)cc2C1.CCC(C)(C)C(=O)OC1c2ccccc2-c2ccccc21. The summed E-state index contributed by atoms with van der Waals surface area (Å²) in [4.78, 5) is 24.4. The predicted molar refractivity (Wildman–Crippen MR) is 153 cm³/mol. The Hall–Kier alpha value is -3.60. The summed E-state index contributed by atoms with van der Waals surface area (Å²) < 4.78 is 11.4. The Labute approximate surface area is 232 Å². The molecule has 39 heavy (non-hydrogen) atoms. The molecule has 0 fully saturated rings. The lowest BCUT2D eigenvalue weighted by atomic mass is 9.90. The first-order valence-corrected chi connectivity index (χ1v) is 13.9. The van der Waals surface area contributed by atoms with Crippen LogP contribution in [-0.4, -0.2) is 23.1 Å². The number of aromatic hydroxyl groups is 1. The van der Waals surface area contributed by atoms with Crippen LogP contribution in [0.5, 0.6) is 5.75 Å². The van der Waals surface area contributed by atoms with Crippen LogP contribution in [-0.2, 0) is 31.9 Å². The molecule has 1 atom stereocenters. The highest BCUT2D eigenvalue weighted by atomic mass is 16.5. The minimum absolute atomic E-state index is 0.0832. The summed E-state index contributed by atoms with van der Waals surface area (Å²) >= 11 is 0. The fourth-order valence-electron chi connectivity index (χ4n) is 4.75. The molecule has 5 rings (SSSR count). The fraction of sp³-hybridized carbons (Fsp3) is 0.412. The van der Waals surface area contributed by atoms with Gasteiger partial charge in [-0.1, -0.05) is 68.4 Å². The molecule has 0 aliphatic heterocycles. The molecule has 0 bridgehead atoms. The van der Waals surface area contributed by atoms with E-state index in [-0.39, 0.29) is 29.9 Å². The fourth-order valence-corrected chi connectivity index (χ4v) is 4.75. The summed E-state index contributed by atoms with van der Waals surface area (Å²) in [5.41, 5.74) is 5.88. The number of fused-ring (bicyclic) bond motifs is 4. The van der Waals surface area contributed by atoms with Crippen molar-refractivity contribution in [1.29, 1.82) is 0 Å². The second-order valence-electron chi connectivity index (χ2n) is 11.8. The van der Waals surface area contributed by atoms with E-state index in [2.05, 4.69) is 12.1 Å². The standard InChI is InChI=1S/C19H20O2.C15H20O3/c1-4-19(2,3)18(20)21-17-15-11-7-5-9-13(15)14-10-6-8-12-16(14)17;1-4-15(2,3)14(17)18-13-8-10-5-6-12(16)7-11(10)9-13/h5-12,17H,4H2,1-3H3;5-7,13,16H,4,8-9H2,1-3H3. The average Bonchev–Trinajstić information content (AvgIpc) is 3.47. The Bertz CT molecular complexity index is 1310. The maximum absolute atomic E-state index is 12.4. The van der Waals surface area contributed by atoms with E-state index in [4.69, 9.17) is 9.47 Å². The third-order valence-electron chi connectivity index (χ3n) is 8.23. The van der Waals surface area contributed by atoms with Gasteiger partial charge in [0.05, 0.1) is 10.8 Å². The van der Waals surface area contributed by atoms with E-state index < -0.39 is 10.8 Å². The molecule has 0 saturated carbocycles. The lowest BCUT2D eigenvalue weighted by Crippen LogP contribution is -2.30. The van der Waals surface area contributed by atoms with E-state index in [1.165, 1.54) is 16.7 Å². The first-order valence-electron chi connectivity index (χ1n) is 13.9. The minimum Gasteiger partial charge on any atom is -0.508 e. The van der Waals surface area contributed by atoms with E-state index in [0.717, 1.165) is 36.0 Å². The lowest BCUT2D eigenvalue weighted by molar-refractivity contribution is -0.159. The number of hydrogen-bond donors (Lipinski definition) is 1. The van der Waals surface area contributed by atoms with Crippen LogP contribution in [0.1, 0.15) is 82.7 Å². The summed E-state index contributed by atoms with van der Waals surface area (Å²) in [7, 11) is 0. The van der Waals surface area contributed by atoms with Gasteiger partial charge in [0.1, 0.15) is 11.9 Å². The van der Waals surface area contributed by atoms with Gasteiger partial charge in [0.15, 0.2) is 6.10 Å². The van der Waals surface area contributed by atoms with Crippen molar-refractivity contribution in [3.05, 3.63) is 89.0 Å². The van der Waals surface area contributed by atoms with Crippen LogP contribution in [0.25, 0.3) is 11.1 Å². The van der Waals surface area contributed by atoms with E-state index in [1.807, 2.05) is 84.0 Å². The molecule has 1 unspecified atom stereocenters. The van der Waals surface area contributed by atoms with Crippen molar-refractivity contribution < 1.29 is 24.2 Å². The van der Waals surface area contributed by atoms with Crippen LogP contribution >= 0.6 is 0 Å². The normalized spacial score (nSPS) is 15.9. The number of hydrogen-bond acceptors (Lipinski definition) is 5. The van der Waals surface area contributed by atoms with Crippen molar-refractivity contribution in [1.82, 2.24) is 0 Å². The predicted octanol–water partition coefficient (Wildman–Crippen LogP) is 7.57. The van der Waals surface area contributed by atoms with Crippen LogP contribution in [0.2, 0.25) is 0 Å². The number of carbonyl (C=O) groups excluding carboxylic acids is 2. The van der Waals surface area contributed by atoms with Crippen molar-refractivity contribution in [2.75, 3.05) is 0 Å². The smallest absolute Gasteiger partial charge is 0.312 e. The summed E-state index contributed by atoms with van der Waals surface area (Å²) in [6.07, 6.45) is 2.63. The number of benzene rings is 3. The van der Waals surface area contributed by atoms with E-state index >= 15 is 0 Å². The van der Waals surface area contributed by atoms with Crippen LogP contribution in [0, 0.1) is 10.8 Å². The summed E-state index contributed by atoms with van der Waals surface area (Å²) in [6, 6.07) is 21.7. The molecule has 0 heterocycles. The van der Waals surface area contributed by atoms with Crippen molar-refractivity contribution in [2.45, 2.75) is 79.4 Å². The van der Waals surface area contributed by atoms with E-state index in [9.17, 15) is 14.7 Å². The Morgan fingerprint density at radius 3 is 1.77 bits per heavy atom. The Morgan fingerprint density at radius 2 is 1.23 bits per heavy atom. The number of phenols is 1.